The maximum absolute atomic E-state index is 13.0. The first kappa shape index (κ1) is 22.8. The highest BCUT2D eigenvalue weighted by Gasteiger charge is 2.14. The molecule has 0 atom stereocenters. The van der Waals surface area contributed by atoms with Crippen molar-refractivity contribution in [1.29, 1.82) is 0 Å². The minimum absolute atomic E-state index is 0.276. The summed E-state index contributed by atoms with van der Waals surface area (Å²) in [6.07, 6.45) is 0. The zero-order valence-electron chi connectivity index (χ0n) is 19.6. The molecular weight excluding hydrogens is 488 g/mol. The van der Waals surface area contributed by atoms with E-state index in [1.807, 2.05) is 43.3 Å². The van der Waals surface area contributed by atoms with Gasteiger partial charge in [0.05, 0.1) is 5.56 Å². The van der Waals surface area contributed by atoms with Gasteiger partial charge < -0.3 is 14.2 Å². The minimum atomic E-state index is -0.426. The maximum Gasteiger partial charge on any atom is 0.344 e. The average Bonchev–Trinajstić information content (AvgIpc) is 3.33. The van der Waals surface area contributed by atoms with Crippen LogP contribution in [-0.2, 0) is 0 Å². The van der Waals surface area contributed by atoms with Crippen molar-refractivity contribution in [2.75, 3.05) is 5.32 Å². The van der Waals surface area contributed by atoms with E-state index in [-0.39, 0.29) is 5.91 Å². The lowest BCUT2D eigenvalue weighted by atomic mass is 10.0. The molecule has 37 heavy (non-hydrogen) atoms. The van der Waals surface area contributed by atoms with Gasteiger partial charge in [-0.2, -0.15) is 0 Å². The van der Waals surface area contributed by atoms with Gasteiger partial charge in [-0.15, -0.1) is 0 Å². The molecule has 4 aromatic carbocycles. The number of nitrogens with zero attached hydrogens (tertiary/aromatic N) is 1. The normalized spacial score (nSPS) is 11.2. The van der Waals surface area contributed by atoms with Crippen LogP contribution < -0.4 is 10.9 Å². The van der Waals surface area contributed by atoms with Crippen LogP contribution >= 0.6 is 11.6 Å². The molecule has 0 fully saturated rings. The first-order valence-electron chi connectivity index (χ1n) is 11.6. The van der Waals surface area contributed by atoms with Crippen LogP contribution in [0, 0.1) is 6.92 Å². The molecule has 0 saturated heterocycles. The molecule has 1 amide bonds. The van der Waals surface area contributed by atoms with Gasteiger partial charge in [0, 0.05) is 27.2 Å². The largest absolute Gasteiger partial charge is 0.436 e. The van der Waals surface area contributed by atoms with Crippen LogP contribution in [0.5, 0.6) is 0 Å². The van der Waals surface area contributed by atoms with Crippen molar-refractivity contribution in [3.05, 3.63) is 118 Å². The molecule has 6 rings (SSSR count). The molecule has 0 spiro atoms. The number of oxazole rings is 1. The van der Waals surface area contributed by atoms with Crippen molar-refractivity contribution >= 4 is 45.3 Å². The number of hydrogen-bond donors (Lipinski definition) is 1. The highest BCUT2D eigenvalue weighted by atomic mass is 35.5. The minimum Gasteiger partial charge on any atom is -0.436 e. The van der Waals surface area contributed by atoms with E-state index in [0.29, 0.717) is 50.0 Å². The topological polar surface area (TPSA) is 85.3 Å². The summed E-state index contributed by atoms with van der Waals surface area (Å²) >= 11 is 6.06. The second-order valence-electron chi connectivity index (χ2n) is 8.68. The summed E-state index contributed by atoms with van der Waals surface area (Å²) < 4.78 is 11.3. The number of nitrogens with one attached hydrogen (secondary N) is 1. The van der Waals surface area contributed by atoms with Crippen molar-refractivity contribution in [2.24, 2.45) is 0 Å². The highest BCUT2D eigenvalue weighted by molar-refractivity contribution is 6.31. The zero-order valence-corrected chi connectivity index (χ0v) is 20.4. The number of hydrogen-bond acceptors (Lipinski definition) is 5. The Morgan fingerprint density at radius 3 is 2.46 bits per heavy atom. The van der Waals surface area contributed by atoms with Gasteiger partial charge in [-0.1, -0.05) is 48.0 Å². The van der Waals surface area contributed by atoms with Gasteiger partial charge in [-0.05, 0) is 72.6 Å². The molecule has 6 nitrogen and oxygen atoms in total. The summed E-state index contributed by atoms with van der Waals surface area (Å²) in [7, 11) is 0. The van der Waals surface area contributed by atoms with Gasteiger partial charge in [-0.25, -0.2) is 9.78 Å². The van der Waals surface area contributed by atoms with Crippen molar-refractivity contribution < 1.29 is 13.6 Å². The number of halogens is 1. The number of carbonyl (C=O) groups excluding carboxylic acids is 1. The Kier molecular flexibility index (Phi) is 5.58. The highest BCUT2D eigenvalue weighted by Crippen LogP contribution is 2.29. The predicted octanol–water partition coefficient (Wildman–Crippen LogP) is 7.48. The number of aryl methyl sites for hydroxylation is 1. The third kappa shape index (κ3) is 4.39. The average molecular weight is 507 g/mol. The van der Waals surface area contributed by atoms with E-state index < -0.39 is 5.63 Å². The number of fused-ring (bicyclic) bond motifs is 2. The lowest BCUT2D eigenvalue weighted by Crippen LogP contribution is -2.13. The molecule has 0 saturated carbocycles. The predicted molar refractivity (Wildman–Crippen MR) is 145 cm³/mol. The molecule has 2 aromatic heterocycles. The fourth-order valence-corrected chi connectivity index (χ4v) is 4.34. The number of amides is 1. The monoisotopic (exact) mass is 506 g/mol. The summed E-state index contributed by atoms with van der Waals surface area (Å²) in [6.45, 7) is 1.91. The molecule has 1 N–H and O–H groups in total. The fourth-order valence-electron chi connectivity index (χ4n) is 4.17. The maximum atomic E-state index is 13.0. The van der Waals surface area contributed by atoms with Crippen molar-refractivity contribution in [3.63, 3.8) is 0 Å². The molecule has 7 heteroatoms. The van der Waals surface area contributed by atoms with Gasteiger partial charge in [-0.3, -0.25) is 4.79 Å². The molecule has 0 bridgehead atoms. The van der Waals surface area contributed by atoms with Crippen LogP contribution in [0.4, 0.5) is 5.69 Å². The van der Waals surface area contributed by atoms with Crippen LogP contribution in [0.3, 0.4) is 0 Å². The van der Waals surface area contributed by atoms with E-state index in [1.165, 1.54) is 0 Å². The van der Waals surface area contributed by atoms with E-state index in [4.69, 9.17) is 20.4 Å². The van der Waals surface area contributed by atoms with Crippen LogP contribution in [0.15, 0.2) is 105 Å². The lowest BCUT2D eigenvalue weighted by Gasteiger charge is -2.10. The summed E-state index contributed by atoms with van der Waals surface area (Å²) in [5, 5.41) is 4.37. The van der Waals surface area contributed by atoms with Crippen LogP contribution in [-0.4, -0.2) is 10.9 Å². The van der Waals surface area contributed by atoms with Gasteiger partial charge in [0.15, 0.2) is 5.58 Å². The van der Waals surface area contributed by atoms with E-state index in [0.717, 1.165) is 16.5 Å². The summed E-state index contributed by atoms with van der Waals surface area (Å²) in [6, 6.07) is 26.9. The summed E-state index contributed by atoms with van der Waals surface area (Å²) in [4.78, 5) is 30.0. The molecule has 0 radical (unpaired) electrons. The quantitative estimate of drug-likeness (QED) is 0.250. The Morgan fingerprint density at radius 1 is 0.838 bits per heavy atom. The van der Waals surface area contributed by atoms with E-state index in [1.54, 1.807) is 54.6 Å². The van der Waals surface area contributed by atoms with Gasteiger partial charge in [0.2, 0.25) is 5.89 Å². The molecule has 0 unspecified atom stereocenters. The number of para-hydroxylation sites is 1. The first-order valence-corrected chi connectivity index (χ1v) is 11.9. The number of rotatable bonds is 4. The second-order valence-corrected chi connectivity index (χ2v) is 9.11. The fraction of sp³-hybridized carbons (Fsp3) is 0.0333. The van der Waals surface area contributed by atoms with Gasteiger partial charge in [0.25, 0.3) is 5.91 Å². The molecule has 180 valence electrons. The molecule has 0 aliphatic rings. The summed E-state index contributed by atoms with van der Waals surface area (Å²) in [5.41, 5.74) is 5.22. The Hall–Kier alpha value is -4.68. The Morgan fingerprint density at radius 2 is 1.62 bits per heavy atom. The van der Waals surface area contributed by atoms with E-state index in [9.17, 15) is 9.59 Å². The molecule has 2 heterocycles. The number of carbonyl (C=O) groups is 1. The molecular formula is C30H19ClN2O4. The smallest absolute Gasteiger partial charge is 0.344 e. The van der Waals surface area contributed by atoms with Gasteiger partial charge >= 0.3 is 5.63 Å². The van der Waals surface area contributed by atoms with Crippen LogP contribution in [0.2, 0.25) is 5.02 Å². The number of aromatic nitrogens is 1. The van der Waals surface area contributed by atoms with E-state index in [2.05, 4.69) is 10.3 Å². The number of anilines is 1. The van der Waals surface area contributed by atoms with Crippen LogP contribution in [0.25, 0.3) is 44.7 Å². The van der Waals surface area contributed by atoms with Crippen LogP contribution in [0.1, 0.15) is 15.9 Å². The first-order chi connectivity index (χ1) is 17.9. The Bertz CT molecular complexity index is 1870. The Balaban J connectivity index is 1.26. The van der Waals surface area contributed by atoms with Crippen molar-refractivity contribution in [3.8, 4) is 22.6 Å². The Labute approximate surface area is 216 Å². The molecule has 6 aromatic rings. The third-order valence-corrected chi connectivity index (χ3v) is 6.42. The molecule has 0 aliphatic heterocycles. The van der Waals surface area contributed by atoms with Crippen molar-refractivity contribution in [1.82, 2.24) is 4.98 Å². The van der Waals surface area contributed by atoms with E-state index >= 15 is 0 Å². The third-order valence-electron chi connectivity index (χ3n) is 6.18. The lowest BCUT2D eigenvalue weighted by molar-refractivity contribution is 0.102. The standard InChI is InChI=1S/C30H19ClN2O4/c1-17-6-7-21(29-33-25-16-22(31)12-13-27(25)36-29)15-24(17)32-28(34)19-10-8-18(9-11-19)23-14-20-4-2-3-5-26(20)37-30(23)35/h2-16H,1H3,(H,32,34). The second kappa shape index (κ2) is 9.08. The molecule has 0 aliphatic carbocycles. The number of benzene rings is 4. The van der Waals surface area contributed by atoms with Gasteiger partial charge in [0.1, 0.15) is 11.1 Å². The zero-order chi connectivity index (χ0) is 25.5. The summed E-state index contributed by atoms with van der Waals surface area (Å²) in [5.74, 6) is 0.160. The SMILES string of the molecule is Cc1ccc(-c2nc3cc(Cl)ccc3o2)cc1NC(=O)c1ccc(-c2cc3ccccc3oc2=O)cc1. The van der Waals surface area contributed by atoms with Crippen molar-refractivity contribution in [2.45, 2.75) is 6.92 Å².